The lowest BCUT2D eigenvalue weighted by Crippen LogP contribution is -2.00. The quantitative estimate of drug-likeness (QED) is 0.550. The molecule has 0 saturated carbocycles. The number of halogens is 2. The van der Waals surface area contributed by atoms with Gasteiger partial charge >= 0.3 is 0 Å². The van der Waals surface area contributed by atoms with Gasteiger partial charge in [-0.05, 0) is 23.3 Å². The minimum Gasteiger partial charge on any atom is -0.207 e. The lowest BCUT2D eigenvalue weighted by molar-refractivity contribution is 0.611. The predicted molar refractivity (Wildman–Crippen MR) is 92.1 cm³/mol. The van der Waals surface area contributed by atoms with Crippen molar-refractivity contribution < 1.29 is 4.39 Å². The van der Waals surface area contributed by atoms with Crippen LogP contribution in [0.1, 0.15) is 22.0 Å². The van der Waals surface area contributed by atoms with Crippen LogP contribution in [0.15, 0.2) is 48.5 Å². The second kappa shape index (κ2) is 6.30. The highest BCUT2D eigenvalue weighted by Gasteiger charge is 2.14. The highest BCUT2D eigenvalue weighted by Crippen LogP contribution is 2.23. The minimum absolute atomic E-state index is 0.249. The molecule has 4 aromatic rings. The fourth-order valence-electron chi connectivity index (χ4n) is 2.50. The molecule has 0 aliphatic rings. The van der Waals surface area contributed by atoms with Gasteiger partial charge in [0, 0.05) is 17.9 Å². The van der Waals surface area contributed by atoms with Gasteiger partial charge in [0.1, 0.15) is 10.8 Å². The van der Waals surface area contributed by atoms with Crippen molar-refractivity contribution in [3.8, 4) is 0 Å². The van der Waals surface area contributed by atoms with Gasteiger partial charge in [0.05, 0.1) is 0 Å². The molecule has 2 aromatic heterocycles. The summed E-state index contributed by atoms with van der Waals surface area (Å²) in [4.78, 5) is 0.698. The van der Waals surface area contributed by atoms with E-state index in [0.717, 1.165) is 15.6 Å². The smallest absolute Gasteiger partial charge is 0.207 e. The Morgan fingerprint density at radius 3 is 2.50 bits per heavy atom. The van der Waals surface area contributed by atoms with E-state index >= 15 is 0 Å². The van der Waals surface area contributed by atoms with E-state index < -0.39 is 0 Å². The fourth-order valence-corrected chi connectivity index (χ4v) is 3.57. The highest BCUT2D eigenvalue weighted by atomic mass is 35.5. The monoisotopic (exact) mass is 358 g/mol. The van der Waals surface area contributed by atoms with Crippen LogP contribution < -0.4 is 0 Å². The lowest BCUT2D eigenvalue weighted by atomic mass is 10.1. The van der Waals surface area contributed by atoms with Gasteiger partial charge in [0.15, 0.2) is 5.82 Å². The third-order valence-electron chi connectivity index (χ3n) is 3.70. The Bertz CT molecular complexity index is 1010. The van der Waals surface area contributed by atoms with E-state index in [2.05, 4.69) is 15.3 Å². The first-order valence-corrected chi connectivity index (χ1v) is 8.57. The molecule has 0 fully saturated rings. The minimum atomic E-state index is -0.249. The van der Waals surface area contributed by atoms with Gasteiger partial charge in [0.2, 0.25) is 4.96 Å². The Hall–Kier alpha value is -2.31. The number of benzene rings is 2. The molecule has 0 N–H and O–H groups in total. The molecule has 7 heteroatoms. The third kappa shape index (κ3) is 2.90. The molecule has 0 unspecified atom stereocenters. The Kier molecular flexibility index (Phi) is 4.00. The molecule has 0 spiro atoms. The number of aromatic nitrogens is 4. The van der Waals surface area contributed by atoms with Gasteiger partial charge < -0.3 is 0 Å². The van der Waals surface area contributed by atoms with E-state index in [-0.39, 0.29) is 5.82 Å². The predicted octanol–water partition coefficient (Wildman–Crippen LogP) is 4.16. The molecule has 24 heavy (non-hydrogen) atoms. The number of hydrogen-bond donors (Lipinski definition) is 0. The van der Waals surface area contributed by atoms with Crippen molar-refractivity contribution in [3.63, 3.8) is 0 Å². The average Bonchev–Trinajstić information content (AvgIpc) is 3.13. The Morgan fingerprint density at radius 1 is 0.958 bits per heavy atom. The van der Waals surface area contributed by atoms with Crippen molar-refractivity contribution >= 4 is 27.9 Å². The van der Waals surface area contributed by atoms with Gasteiger partial charge in [-0.3, -0.25) is 0 Å². The maximum absolute atomic E-state index is 13.8. The van der Waals surface area contributed by atoms with Crippen LogP contribution in [0.5, 0.6) is 0 Å². The zero-order valence-electron chi connectivity index (χ0n) is 12.5. The van der Waals surface area contributed by atoms with Crippen LogP contribution in [0.2, 0.25) is 5.02 Å². The molecule has 0 saturated heterocycles. The SMILES string of the molecule is Fc1ccccc1Cc1nnc2sc(Cc3ccccc3Cl)nn12. The van der Waals surface area contributed by atoms with E-state index in [4.69, 9.17) is 11.6 Å². The van der Waals surface area contributed by atoms with Crippen LogP contribution in [0.4, 0.5) is 4.39 Å². The molecule has 0 bridgehead atoms. The molecular weight excluding hydrogens is 347 g/mol. The van der Waals surface area contributed by atoms with Gasteiger partial charge in [-0.2, -0.15) is 9.61 Å². The van der Waals surface area contributed by atoms with E-state index in [1.807, 2.05) is 24.3 Å². The normalized spacial score (nSPS) is 11.2. The largest absolute Gasteiger partial charge is 0.234 e. The van der Waals surface area contributed by atoms with Crippen molar-refractivity contribution in [1.29, 1.82) is 0 Å². The second-order valence-electron chi connectivity index (χ2n) is 5.34. The summed E-state index contributed by atoms with van der Waals surface area (Å²) < 4.78 is 15.5. The van der Waals surface area contributed by atoms with Crippen LogP contribution in [0, 0.1) is 5.82 Å². The number of nitrogens with zero attached hydrogens (tertiary/aromatic N) is 4. The number of fused-ring (bicyclic) bond motifs is 1. The molecule has 0 aliphatic carbocycles. The van der Waals surface area contributed by atoms with E-state index in [9.17, 15) is 4.39 Å². The first kappa shape index (κ1) is 15.2. The van der Waals surface area contributed by atoms with Gasteiger partial charge in [-0.25, -0.2) is 4.39 Å². The molecule has 0 amide bonds. The van der Waals surface area contributed by atoms with Crippen LogP contribution >= 0.6 is 22.9 Å². The molecule has 4 nitrogen and oxygen atoms in total. The van der Waals surface area contributed by atoms with Crippen LogP contribution in [-0.2, 0) is 12.8 Å². The molecule has 2 heterocycles. The summed E-state index contributed by atoms with van der Waals surface area (Å²) in [6, 6.07) is 14.3. The molecule has 4 rings (SSSR count). The average molecular weight is 359 g/mol. The summed E-state index contributed by atoms with van der Waals surface area (Å²) in [5, 5.41) is 14.4. The summed E-state index contributed by atoms with van der Waals surface area (Å²) in [6.45, 7) is 0. The Morgan fingerprint density at radius 2 is 1.71 bits per heavy atom. The first-order valence-electron chi connectivity index (χ1n) is 7.37. The molecule has 120 valence electrons. The van der Waals surface area contributed by atoms with Crippen molar-refractivity contribution in [3.05, 3.63) is 81.3 Å². The van der Waals surface area contributed by atoms with Crippen LogP contribution in [0.3, 0.4) is 0 Å². The van der Waals surface area contributed by atoms with Gasteiger partial charge in [0.25, 0.3) is 0 Å². The topological polar surface area (TPSA) is 43.1 Å². The van der Waals surface area contributed by atoms with Crippen molar-refractivity contribution in [2.24, 2.45) is 0 Å². The summed E-state index contributed by atoms with van der Waals surface area (Å²) in [6.07, 6.45) is 0.982. The van der Waals surface area contributed by atoms with Crippen molar-refractivity contribution in [1.82, 2.24) is 19.8 Å². The van der Waals surface area contributed by atoms with Crippen molar-refractivity contribution in [2.45, 2.75) is 12.8 Å². The van der Waals surface area contributed by atoms with E-state index in [1.165, 1.54) is 17.4 Å². The van der Waals surface area contributed by atoms with Crippen LogP contribution in [-0.4, -0.2) is 19.8 Å². The van der Waals surface area contributed by atoms with Crippen molar-refractivity contribution in [2.75, 3.05) is 0 Å². The molecule has 0 radical (unpaired) electrons. The number of rotatable bonds is 4. The Labute approximate surface area is 146 Å². The fraction of sp³-hybridized carbons (Fsp3) is 0.118. The lowest BCUT2D eigenvalue weighted by Gasteiger charge is -2.01. The second-order valence-corrected chi connectivity index (χ2v) is 6.79. The van der Waals surface area contributed by atoms with E-state index in [1.54, 1.807) is 22.7 Å². The Balaban J connectivity index is 1.64. The van der Waals surface area contributed by atoms with Gasteiger partial charge in [-0.15, -0.1) is 10.2 Å². The summed E-state index contributed by atoms with van der Waals surface area (Å²) in [5.74, 6) is 0.373. The zero-order valence-corrected chi connectivity index (χ0v) is 14.1. The summed E-state index contributed by atoms with van der Waals surface area (Å²) in [7, 11) is 0. The molecular formula is C17H12ClFN4S. The first-order chi connectivity index (χ1) is 11.7. The highest BCUT2D eigenvalue weighted by molar-refractivity contribution is 7.16. The maximum Gasteiger partial charge on any atom is 0.234 e. The van der Waals surface area contributed by atoms with Gasteiger partial charge in [-0.1, -0.05) is 59.3 Å². The molecule has 0 aliphatic heterocycles. The molecule has 2 aromatic carbocycles. The summed E-state index contributed by atoms with van der Waals surface area (Å²) >= 11 is 7.67. The standard InChI is InChI=1S/C17H12ClFN4S/c18-13-7-3-1-5-11(13)10-16-22-23-15(20-21-17(23)24-16)9-12-6-2-4-8-14(12)19/h1-8H,9-10H2. The number of hydrogen-bond acceptors (Lipinski definition) is 4. The molecule has 0 atom stereocenters. The maximum atomic E-state index is 13.8. The summed E-state index contributed by atoms with van der Waals surface area (Å²) in [5.41, 5.74) is 1.59. The third-order valence-corrected chi connectivity index (χ3v) is 4.97. The van der Waals surface area contributed by atoms with E-state index in [0.29, 0.717) is 29.2 Å². The van der Waals surface area contributed by atoms with Crippen LogP contribution in [0.25, 0.3) is 4.96 Å². The zero-order chi connectivity index (χ0) is 16.5.